The molecule has 0 aliphatic rings. The summed E-state index contributed by atoms with van der Waals surface area (Å²) < 4.78 is 27.4. The van der Waals surface area contributed by atoms with Crippen LogP contribution in [0.1, 0.15) is 19.0 Å². The SMILES string of the molecule is CCCc1cc(NS(=O)(=O)c2ccc(N)cc2Br)n[nH]1. The molecule has 0 amide bonds. The molecular weight excluding hydrogens is 344 g/mol. The Kier molecular flexibility index (Phi) is 4.34. The zero-order valence-electron chi connectivity index (χ0n) is 10.9. The average Bonchev–Trinajstić information content (AvgIpc) is 2.75. The zero-order valence-corrected chi connectivity index (χ0v) is 13.3. The lowest BCUT2D eigenvalue weighted by atomic mass is 10.2. The third-order valence-corrected chi connectivity index (χ3v) is 4.97. The van der Waals surface area contributed by atoms with Crippen molar-refractivity contribution in [3.05, 3.63) is 34.4 Å². The third kappa shape index (κ3) is 3.31. The molecule has 0 aliphatic carbocycles. The normalized spacial score (nSPS) is 11.5. The van der Waals surface area contributed by atoms with Gasteiger partial charge in [0.15, 0.2) is 5.82 Å². The molecule has 0 saturated carbocycles. The fraction of sp³-hybridized carbons (Fsp3) is 0.250. The fourth-order valence-electron chi connectivity index (χ4n) is 1.74. The average molecular weight is 359 g/mol. The molecule has 0 saturated heterocycles. The Morgan fingerprint density at radius 3 is 2.80 bits per heavy atom. The van der Waals surface area contributed by atoms with Crippen molar-refractivity contribution in [3.8, 4) is 0 Å². The maximum absolute atomic E-state index is 12.3. The van der Waals surface area contributed by atoms with Crippen LogP contribution in [0.25, 0.3) is 0 Å². The number of sulfonamides is 1. The number of nitrogens with two attached hydrogens (primary N) is 1. The number of rotatable bonds is 5. The number of hydrogen-bond acceptors (Lipinski definition) is 4. The lowest BCUT2D eigenvalue weighted by Crippen LogP contribution is -2.14. The lowest BCUT2D eigenvalue weighted by molar-refractivity contribution is 0.600. The van der Waals surface area contributed by atoms with E-state index in [0.717, 1.165) is 18.5 Å². The maximum Gasteiger partial charge on any atom is 0.264 e. The second kappa shape index (κ2) is 5.84. The second-order valence-corrected chi connectivity index (χ2v) is 6.83. The number of H-pyrrole nitrogens is 1. The van der Waals surface area contributed by atoms with Crippen LogP contribution in [0.2, 0.25) is 0 Å². The molecule has 8 heteroatoms. The Bertz CT molecular complexity index is 712. The fourth-order valence-corrected chi connectivity index (χ4v) is 3.83. The standard InChI is InChI=1S/C12H15BrN4O2S/c1-2-3-9-7-12(16-15-9)17-20(18,19)11-5-4-8(14)6-10(11)13/h4-7H,2-3,14H2,1H3,(H2,15,16,17). The predicted molar refractivity (Wildman–Crippen MR) is 81.9 cm³/mol. The highest BCUT2D eigenvalue weighted by atomic mass is 79.9. The number of hydrogen-bond donors (Lipinski definition) is 3. The molecule has 0 aliphatic heterocycles. The van der Waals surface area contributed by atoms with Crippen molar-refractivity contribution in [2.24, 2.45) is 0 Å². The van der Waals surface area contributed by atoms with E-state index in [1.165, 1.54) is 12.1 Å². The molecule has 2 aromatic rings. The van der Waals surface area contributed by atoms with E-state index in [1.54, 1.807) is 12.1 Å². The van der Waals surface area contributed by atoms with Crippen molar-refractivity contribution < 1.29 is 8.42 Å². The number of halogens is 1. The molecule has 0 fully saturated rings. The van der Waals surface area contributed by atoms with E-state index < -0.39 is 10.0 Å². The molecule has 0 radical (unpaired) electrons. The maximum atomic E-state index is 12.3. The summed E-state index contributed by atoms with van der Waals surface area (Å²) in [7, 11) is -3.70. The number of nitrogens with zero attached hydrogens (tertiary/aromatic N) is 1. The van der Waals surface area contributed by atoms with Gasteiger partial charge in [-0.2, -0.15) is 5.10 Å². The molecule has 0 unspecified atom stereocenters. The van der Waals surface area contributed by atoms with Crippen molar-refractivity contribution in [2.75, 3.05) is 10.5 Å². The van der Waals surface area contributed by atoms with Gasteiger partial charge in [0.05, 0.1) is 0 Å². The van der Waals surface area contributed by atoms with Crippen molar-refractivity contribution in [1.82, 2.24) is 10.2 Å². The molecule has 2 rings (SSSR count). The molecule has 1 aromatic carbocycles. The van der Waals surface area contributed by atoms with Crippen molar-refractivity contribution in [1.29, 1.82) is 0 Å². The number of anilines is 2. The molecule has 1 heterocycles. The van der Waals surface area contributed by atoms with Crippen LogP contribution in [0.4, 0.5) is 11.5 Å². The van der Waals surface area contributed by atoms with Gasteiger partial charge in [-0.3, -0.25) is 9.82 Å². The van der Waals surface area contributed by atoms with Crippen LogP contribution < -0.4 is 10.5 Å². The van der Waals surface area contributed by atoms with Crippen LogP contribution in [-0.2, 0) is 16.4 Å². The first-order valence-electron chi connectivity index (χ1n) is 6.04. The number of nitrogens with one attached hydrogen (secondary N) is 2. The van der Waals surface area contributed by atoms with Gasteiger partial charge >= 0.3 is 0 Å². The molecule has 0 bridgehead atoms. The molecule has 6 nitrogen and oxygen atoms in total. The number of aromatic nitrogens is 2. The highest BCUT2D eigenvalue weighted by Crippen LogP contribution is 2.25. The van der Waals surface area contributed by atoms with Crippen LogP contribution in [0, 0.1) is 0 Å². The summed E-state index contributed by atoms with van der Waals surface area (Å²) in [6, 6.07) is 6.21. The smallest absolute Gasteiger partial charge is 0.264 e. The quantitative estimate of drug-likeness (QED) is 0.714. The Morgan fingerprint density at radius 1 is 1.40 bits per heavy atom. The molecule has 1 aromatic heterocycles. The van der Waals surface area contributed by atoms with Crippen molar-refractivity contribution in [3.63, 3.8) is 0 Å². The number of aryl methyl sites for hydroxylation is 1. The summed E-state index contributed by atoms with van der Waals surface area (Å²) in [4.78, 5) is 0.117. The van der Waals surface area contributed by atoms with Gasteiger partial charge in [-0.25, -0.2) is 8.42 Å². The first-order chi connectivity index (χ1) is 9.42. The van der Waals surface area contributed by atoms with E-state index >= 15 is 0 Å². The predicted octanol–water partition coefficient (Wildman–Crippen LogP) is 2.51. The second-order valence-electron chi connectivity index (χ2n) is 4.32. The number of benzene rings is 1. The van der Waals surface area contributed by atoms with Crippen LogP contribution in [-0.4, -0.2) is 18.6 Å². The van der Waals surface area contributed by atoms with E-state index in [2.05, 4.69) is 30.8 Å². The monoisotopic (exact) mass is 358 g/mol. The minimum absolute atomic E-state index is 0.117. The Balaban J connectivity index is 2.26. The minimum atomic E-state index is -3.70. The van der Waals surface area contributed by atoms with Crippen molar-refractivity contribution in [2.45, 2.75) is 24.7 Å². The van der Waals surface area contributed by atoms with Gasteiger partial charge < -0.3 is 5.73 Å². The van der Waals surface area contributed by atoms with Crippen LogP contribution in [0.3, 0.4) is 0 Å². The Labute approximate surface area is 125 Å². The summed E-state index contributed by atoms with van der Waals surface area (Å²) >= 11 is 3.20. The van der Waals surface area contributed by atoms with Crippen molar-refractivity contribution >= 4 is 37.5 Å². The highest BCUT2D eigenvalue weighted by Gasteiger charge is 2.19. The van der Waals surface area contributed by atoms with E-state index in [0.29, 0.717) is 10.2 Å². The Hall–Kier alpha value is -1.54. The van der Waals surface area contributed by atoms with E-state index in [4.69, 9.17) is 5.73 Å². The molecule has 0 spiro atoms. The number of nitrogen functional groups attached to an aromatic ring is 1. The molecule has 0 atom stereocenters. The molecule has 108 valence electrons. The molecule has 4 N–H and O–H groups in total. The van der Waals surface area contributed by atoms with Gasteiger partial charge in [-0.1, -0.05) is 13.3 Å². The summed E-state index contributed by atoms with van der Waals surface area (Å²) in [6.07, 6.45) is 1.78. The van der Waals surface area contributed by atoms with Gasteiger partial charge in [0.2, 0.25) is 0 Å². The summed E-state index contributed by atoms with van der Waals surface area (Å²) in [5.41, 5.74) is 6.97. The van der Waals surface area contributed by atoms with Crippen LogP contribution >= 0.6 is 15.9 Å². The van der Waals surface area contributed by atoms with Gasteiger partial charge in [0.25, 0.3) is 10.0 Å². The van der Waals surface area contributed by atoms with E-state index in [1.807, 2.05) is 6.92 Å². The largest absolute Gasteiger partial charge is 0.399 e. The van der Waals surface area contributed by atoms with Crippen LogP contribution in [0.15, 0.2) is 33.6 Å². The van der Waals surface area contributed by atoms with Gasteiger partial charge in [0.1, 0.15) is 4.90 Å². The first kappa shape index (κ1) is 14.9. The summed E-state index contributed by atoms with van der Waals surface area (Å²) in [5.74, 6) is 0.275. The molecule has 20 heavy (non-hydrogen) atoms. The highest BCUT2D eigenvalue weighted by molar-refractivity contribution is 9.10. The minimum Gasteiger partial charge on any atom is -0.399 e. The first-order valence-corrected chi connectivity index (χ1v) is 8.32. The van der Waals surface area contributed by atoms with E-state index in [9.17, 15) is 8.42 Å². The lowest BCUT2D eigenvalue weighted by Gasteiger charge is -2.07. The molecular formula is C12H15BrN4O2S. The van der Waals surface area contributed by atoms with Gasteiger partial charge in [-0.05, 0) is 40.5 Å². The number of aromatic amines is 1. The van der Waals surface area contributed by atoms with Gasteiger partial charge in [-0.15, -0.1) is 0 Å². The van der Waals surface area contributed by atoms with Gasteiger partial charge in [0, 0.05) is 21.9 Å². The zero-order chi connectivity index (χ0) is 14.8. The van der Waals surface area contributed by atoms with E-state index in [-0.39, 0.29) is 10.7 Å². The summed E-state index contributed by atoms with van der Waals surface area (Å²) in [6.45, 7) is 2.04. The Morgan fingerprint density at radius 2 is 2.15 bits per heavy atom. The summed E-state index contributed by atoms with van der Waals surface area (Å²) in [5, 5.41) is 6.73. The topological polar surface area (TPSA) is 101 Å². The third-order valence-electron chi connectivity index (χ3n) is 2.63. The van der Waals surface area contributed by atoms with Crippen LogP contribution in [0.5, 0.6) is 0 Å².